The van der Waals surface area contributed by atoms with Crippen LogP contribution in [0, 0.1) is 5.92 Å². The summed E-state index contributed by atoms with van der Waals surface area (Å²) in [4.78, 5) is 12.1. The molecule has 0 aliphatic heterocycles. The van der Waals surface area contributed by atoms with Crippen LogP contribution in [-0.4, -0.2) is 19.1 Å². The second-order valence-corrected chi connectivity index (χ2v) is 5.56. The first-order valence-electron chi connectivity index (χ1n) is 6.84. The van der Waals surface area contributed by atoms with E-state index in [0.29, 0.717) is 16.5 Å². The maximum absolute atomic E-state index is 12.1. The molecular weight excluding hydrogens is 276 g/mol. The molecule has 0 saturated heterocycles. The SMILES string of the molecule is COc1cc(NC(=O)C(C)CCCC(C)N)ccc1Cl. The largest absolute Gasteiger partial charge is 0.495 e. The van der Waals surface area contributed by atoms with Gasteiger partial charge in [0, 0.05) is 23.7 Å². The highest BCUT2D eigenvalue weighted by molar-refractivity contribution is 6.32. The summed E-state index contributed by atoms with van der Waals surface area (Å²) >= 11 is 5.94. The number of rotatable bonds is 7. The molecule has 0 heterocycles. The van der Waals surface area contributed by atoms with Gasteiger partial charge >= 0.3 is 0 Å². The van der Waals surface area contributed by atoms with E-state index in [1.54, 1.807) is 25.3 Å². The zero-order chi connectivity index (χ0) is 15.1. The number of amides is 1. The van der Waals surface area contributed by atoms with E-state index in [2.05, 4.69) is 5.32 Å². The van der Waals surface area contributed by atoms with E-state index in [-0.39, 0.29) is 17.9 Å². The van der Waals surface area contributed by atoms with E-state index in [1.807, 2.05) is 13.8 Å². The van der Waals surface area contributed by atoms with Gasteiger partial charge in [0.25, 0.3) is 0 Å². The lowest BCUT2D eigenvalue weighted by molar-refractivity contribution is -0.119. The molecule has 3 N–H and O–H groups in total. The third-order valence-electron chi connectivity index (χ3n) is 3.16. The van der Waals surface area contributed by atoms with Crippen molar-refractivity contribution in [3.8, 4) is 5.75 Å². The normalized spacial score (nSPS) is 13.7. The Labute approximate surface area is 125 Å². The molecule has 1 amide bonds. The van der Waals surface area contributed by atoms with Crippen LogP contribution in [-0.2, 0) is 4.79 Å². The zero-order valence-electron chi connectivity index (χ0n) is 12.3. The van der Waals surface area contributed by atoms with Crippen molar-refractivity contribution in [3.05, 3.63) is 23.2 Å². The predicted molar refractivity (Wildman–Crippen MR) is 83.3 cm³/mol. The van der Waals surface area contributed by atoms with Crippen LogP contribution >= 0.6 is 11.6 Å². The van der Waals surface area contributed by atoms with E-state index >= 15 is 0 Å². The monoisotopic (exact) mass is 298 g/mol. The number of ether oxygens (including phenoxy) is 1. The second kappa shape index (κ2) is 8.12. The number of carbonyl (C=O) groups excluding carboxylic acids is 1. The number of carbonyl (C=O) groups is 1. The van der Waals surface area contributed by atoms with E-state index < -0.39 is 0 Å². The maximum Gasteiger partial charge on any atom is 0.227 e. The number of nitrogens with one attached hydrogen (secondary N) is 1. The first kappa shape index (κ1) is 16.8. The fourth-order valence-corrected chi connectivity index (χ4v) is 2.07. The molecule has 0 aromatic heterocycles. The average Bonchev–Trinajstić information content (AvgIpc) is 2.40. The Morgan fingerprint density at radius 2 is 2.10 bits per heavy atom. The molecule has 4 nitrogen and oxygen atoms in total. The Bertz CT molecular complexity index is 449. The summed E-state index contributed by atoms with van der Waals surface area (Å²) in [5.41, 5.74) is 6.39. The van der Waals surface area contributed by atoms with Crippen LogP contribution in [0.2, 0.25) is 5.02 Å². The summed E-state index contributed by atoms with van der Waals surface area (Å²) in [7, 11) is 1.55. The molecule has 1 aromatic rings. The molecule has 5 heteroatoms. The molecule has 1 rings (SSSR count). The topological polar surface area (TPSA) is 64.3 Å². The Balaban J connectivity index is 2.52. The minimum Gasteiger partial charge on any atom is -0.495 e. The number of nitrogens with two attached hydrogens (primary N) is 1. The van der Waals surface area contributed by atoms with Crippen molar-refractivity contribution in [2.45, 2.75) is 39.2 Å². The summed E-state index contributed by atoms with van der Waals surface area (Å²) < 4.78 is 5.12. The Morgan fingerprint density at radius 3 is 2.70 bits per heavy atom. The lowest BCUT2D eigenvalue weighted by Crippen LogP contribution is -2.21. The molecule has 0 spiro atoms. The minimum atomic E-state index is -0.0459. The highest BCUT2D eigenvalue weighted by Crippen LogP contribution is 2.27. The number of halogens is 1. The third-order valence-corrected chi connectivity index (χ3v) is 3.48. The summed E-state index contributed by atoms with van der Waals surface area (Å²) in [5, 5.41) is 3.40. The summed E-state index contributed by atoms with van der Waals surface area (Å²) in [6, 6.07) is 5.37. The molecule has 2 atom stereocenters. The third kappa shape index (κ3) is 5.39. The van der Waals surface area contributed by atoms with Gasteiger partial charge in [-0.1, -0.05) is 24.9 Å². The van der Waals surface area contributed by atoms with E-state index in [1.165, 1.54) is 0 Å². The summed E-state index contributed by atoms with van der Waals surface area (Å²) in [6.07, 6.45) is 2.72. The predicted octanol–water partition coefficient (Wildman–Crippen LogP) is 3.44. The fraction of sp³-hybridized carbons (Fsp3) is 0.533. The molecular formula is C15H23ClN2O2. The van der Waals surface area contributed by atoms with Crippen LogP contribution < -0.4 is 15.8 Å². The van der Waals surface area contributed by atoms with Gasteiger partial charge in [-0.2, -0.15) is 0 Å². The Kier molecular flexibility index (Phi) is 6.82. The van der Waals surface area contributed by atoms with Gasteiger partial charge < -0.3 is 15.8 Å². The quantitative estimate of drug-likeness (QED) is 0.810. The van der Waals surface area contributed by atoms with Gasteiger partial charge in [0.05, 0.1) is 12.1 Å². The van der Waals surface area contributed by atoms with Crippen LogP contribution in [0.5, 0.6) is 5.75 Å². The molecule has 0 saturated carbocycles. The molecule has 0 aliphatic carbocycles. The van der Waals surface area contributed by atoms with Crippen LogP contribution in [0.25, 0.3) is 0 Å². The number of benzene rings is 1. The molecule has 1 aromatic carbocycles. The van der Waals surface area contributed by atoms with Crippen molar-refractivity contribution in [2.24, 2.45) is 11.7 Å². The highest BCUT2D eigenvalue weighted by atomic mass is 35.5. The molecule has 0 fully saturated rings. The van der Waals surface area contributed by atoms with Gasteiger partial charge in [-0.15, -0.1) is 0 Å². The Morgan fingerprint density at radius 1 is 1.40 bits per heavy atom. The first-order chi connectivity index (χ1) is 9.43. The van der Waals surface area contributed by atoms with Gasteiger partial charge in [-0.05, 0) is 31.9 Å². The number of methoxy groups -OCH3 is 1. The van der Waals surface area contributed by atoms with E-state index in [9.17, 15) is 4.79 Å². The zero-order valence-corrected chi connectivity index (χ0v) is 13.0. The fourth-order valence-electron chi connectivity index (χ4n) is 1.88. The van der Waals surface area contributed by atoms with Crippen molar-refractivity contribution >= 4 is 23.2 Å². The van der Waals surface area contributed by atoms with E-state index in [4.69, 9.17) is 22.1 Å². The summed E-state index contributed by atoms with van der Waals surface area (Å²) in [6.45, 7) is 3.90. The molecule has 0 radical (unpaired) electrons. The molecule has 2 unspecified atom stereocenters. The van der Waals surface area contributed by atoms with Crippen LogP contribution in [0.3, 0.4) is 0 Å². The maximum atomic E-state index is 12.1. The van der Waals surface area contributed by atoms with Crippen molar-refractivity contribution in [3.63, 3.8) is 0 Å². The van der Waals surface area contributed by atoms with Crippen LogP contribution in [0.15, 0.2) is 18.2 Å². The molecule has 0 bridgehead atoms. The lowest BCUT2D eigenvalue weighted by Gasteiger charge is -2.13. The van der Waals surface area contributed by atoms with Crippen molar-refractivity contribution in [1.29, 1.82) is 0 Å². The van der Waals surface area contributed by atoms with Crippen LogP contribution in [0.1, 0.15) is 33.1 Å². The highest BCUT2D eigenvalue weighted by Gasteiger charge is 2.13. The lowest BCUT2D eigenvalue weighted by atomic mass is 10.0. The standard InChI is InChI=1S/C15H23ClN2O2/c1-10(5-4-6-11(2)17)15(19)18-12-7-8-13(16)14(9-12)20-3/h7-11H,4-6,17H2,1-3H3,(H,18,19). The van der Waals surface area contributed by atoms with Crippen molar-refractivity contribution < 1.29 is 9.53 Å². The van der Waals surface area contributed by atoms with Gasteiger partial charge in [0.2, 0.25) is 5.91 Å². The van der Waals surface area contributed by atoms with Crippen molar-refractivity contribution in [2.75, 3.05) is 12.4 Å². The number of hydrogen-bond acceptors (Lipinski definition) is 3. The molecule has 112 valence electrons. The van der Waals surface area contributed by atoms with E-state index in [0.717, 1.165) is 19.3 Å². The van der Waals surface area contributed by atoms with Crippen LogP contribution in [0.4, 0.5) is 5.69 Å². The number of hydrogen-bond donors (Lipinski definition) is 2. The van der Waals surface area contributed by atoms with Gasteiger partial charge in [0.15, 0.2) is 0 Å². The Hall–Kier alpha value is -1.26. The second-order valence-electron chi connectivity index (χ2n) is 5.15. The van der Waals surface area contributed by atoms with Gasteiger partial charge in [-0.3, -0.25) is 4.79 Å². The van der Waals surface area contributed by atoms with Gasteiger partial charge in [-0.25, -0.2) is 0 Å². The summed E-state index contributed by atoms with van der Waals surface area (Å²) in [5.74, 6) is 0.503. The average molecular weight is 299 g/mol. The first-order valence-corrected chi connectivity index (χ1v) is 7.21. The minimum absolute atomic E-state index is 0.000880. The smallest absolute Gasteiger partial charge is 0.227 e. The molecule has 0 aliphatic rings. The van der Waals surface area contributed by atoms with Crippen molar-refractivity contribution in [1.82, 2.24) is 0 Å². The molecule has 20 heavy (non-hydrogen) atoms. The number of anilines is 1. The van der Waals surface area contributed by atoms with Gasteiger partial charge in [0.1, 0.15) is 5.75 Å².